The van der Waals surface area contributed by atoms with Gasteiger partial charge in [0.05, 0.1) is 44.5 Å². The molecule has 9 nitrogen and oxygen atoms in total. The average Bonchev–Trinajstić information content (AvgIpc) is 2.95. The molecule has 0 radical (unpaired) electrons. The van der Waals surface area contributed by atoms with Crippen molar-refractivity contribution in [1.82, 2.24) is 5.32 Å². The van der Waals surface area contributed by atoms with Crippen LogP contribution in [0.25, 0.3) is 0 Å². The molecule has 0 spiro atoms. The van der Waals surface area contributed by atoms with Crippen molar-refractivity contribution < 1.29 is 28.6 Å². The van der Waals surface area contributed by atoms with Crippen molar-refractivity contribution in [2.45, 2.75) is 19.0 Å². The maximum Gasteiger partial charge on any atom is 0.337 e. The van der Waals surface area contributed by atoms with Gasteiger partial charge in [-0.1, -0.05) is 12.1 Å². The van der Waals surface area contributed by atoms with Crippen LogP contribution < -0.4 is 20.7 Å². The summed E-state index contributed by atoms with van der Waals surface area (Å²) in [6.45, 7) is 1.84. The highest BCUT2D eigenvalue weighted by atomic mass is 16.5. The number of hydrogen-bond donors (Lipinski definition) is 3. The SMILES string of the molecule is COC(=O)c1ccc(N[C@@H]2c3cc(C(=O)OC)ccc3N[C@H](c3ccc(OC)cc3)[C@@H]2CNC(C)=O)cc1. The number of amides is 1. The van der Waals surface area contributed by atoms with Gasteiger partial charge >= 0.3 is 11.9 Å². The van der Waals surface area contributed by atoms with Gasteiger partial charge < -0.3 is 30.2 Å². The van der Waals surface area contributed by atoms with Crippen LogP contribution in [0.5, 0.6) is 5.75 Å². The van der Waals surface area contributed by atoms with Gasteiger partial charge in [0, 0.05) is 30.8 Å². The zero-order valence-corrected chi connectivity index (χ0v) is 21.7. The molecule has 3 aromatic carbocycles. The minimum atomic E-state index is -0.440. The third-order valence-electron chi connectivity index (χ3n) is 6.66. The van der Waals surface area contributed by atoms with Crippen LogP contribution in [0.4, 0.5) is 11.4 Å². The number of ether oxygens (including phenoxy) is 3. The van der Waals surface area contributed by atoms with E-state index in [1.54, 1.807) is 43.5 Å². The molecule has 9 heteroatoms. The molecular formula is C29H31N3O6. The maximum absolute atomic E-state index is 12.4. The van der Waals surface area contributed by atoms with Gasteiger partial charge in [-0.2, -0.15) is 0 Å². The second-order valence-electron chi connectivity index (χ2n) is 8.98. The summed E-state index contributed by atoms with van der Waals surface area (Å²) in [5.74, 6) is -0.438. The summed E-state index contributed by atoms with van der Waals surface area (Å²) in [4.78, 5) is 36.2. The van der Waals surface area contributed by atoms with E-state index in [1.165, 1.54) is 21.1 Å². The molecule has 198 valence electrons. The predicted molar refractivity (Wildman–Crippen MR) is 143 cm³/mol. The lowest BCUT2D eigenvalue weighted by molar-refractivity contribution is -0.119. The van der Waals surface area contributed by atoms with E-state index in [-0.39, 0.29) is 23.9 Å². The maximum atomic E-state index is 12.4. The zero-order valence-electron chi connectivity index (χ0n) is 21.7. The van der Waals surface area contributed by atoms with Crippen LogP contribution in [0, 0.1) is 5.92 Å². The second kappa shape index (κ2) is 11.7. The molecule has 4 rings (SSSR count). The monoisotopic (exact) mass is 517 g/mol. The van der Waals surface area contributed by atoms with Crippen molar-refractivity contribution in [3.8, 4) is 5.75 Å². The molecule has 3 N–H and O–H groups in total. The first-order chi connectivity index (χ1) is 18.3. The van der Waals surface area contributed by atoms with E-state index in [2.05, 4.69) is 16.0 Å². The number of anilines is 2. The number of benzene rings is 3. The number of carbonyl (C=O) groups excluding carboxylic acids is 3. The van der Waals surface area contributed by atoms with Crippen LogP contribution in [0.2, 0.25) is 0 Å². The molecule has 1 heterocycles. The standard InChI is InChI=1S/C29H31N3O6/c1-17(33)30-16-24-26(18-7-12-22(36-2)13-8-18)32-25-14-9-20(29(35)38-4)15-23(25)27(24)31-21-10-5-19(6-11-21)28(34)37-3/h5-15,24,26-27,31-32H,16H2,1-4H3,(H,30,33)/t24-,26+,27+/m0/s1. The molecule has 3 atom stereocenters. The summed E-state index contributed by atoms with van der Waals surface area (Å²) in [5, 5.41) is 10.2. The lowest BCUT2D eigenvalue weighted by atomic mass is 9.78. The van der Waals surface area contributed by atoms with E-state index in [0.717, 1.165) is 28.3 Å². The Hall–Kier alpha value is -4.53. The van der Waals surface area contributed by atoms with Crippen molar-refractivity contribution >= 4 is 29.2 Å². The average molecular weight is 518 g/mol. The fourth-order valence-electron chi connectivity index (χ4n) is 4.72. The van der Waals surface area contributed by atoms with Crippen molar-refractivity contribution in [1.29, 1.82) is 0 Å². The van der Waals surface area contributed by atoms with Gasteiger partial charge in [-0.25, -0.2) is 9.59 Å². The van der Waals surface area contributed by atoms with Crippen LogP contribution in [0.1, 0.15) is 50.9 Å². The number of fused-ring (bicyclic) bond motifs is 1. The van der Waals surface area contributed by atoms with Crippen molar-refractivity contribution in [2.75, 3.05) is 38.5 Å². The second-order valence-corrected chi connectivity index (χ2v) is 8.98. The molecule has 0 aliphatic carbocycles. The molecule has 3 aromatic rings. The van der Waals surface area contributed by atoms with Gasteiger partial charge in [0.1, 0.15) is 5.75 Å². The number of methoxy groups -OCH3 is 3. The first-order valence-corrected chi connectivity index (χ1v) is 12.2. The van der Waals surface area contributed by atoms with Gasteiger partial charge in [0.25, 0.3) is 0 Å². The Morgan fingerprint density at radius 2 is 1.47 bits per heavy atom. The Morgan fingerprint density at radius 1 is 0.842 bits per heavy atom. The Bertz CT molecular complexity index is 1310. The minimum absolute atomic E-state index is 0.145. The summed E-state index contributed by atoms with van der Waals surface area (Å²) in [5.41, 5.74) is 4.33. The number of hydrogen-bond acceptors (Lipinski definition) is 8. The lowest BCUT2D eigenvalue weighted by Gasteiger charge is -2.42. The van der Waals surface area contributed by atoms with E-state index in [1.807, 2.05) is 30.3 Å². The summed E-state index contributed by atoms with van der Waals surface area (Å²) in [6, 6.07) is 19.6. The number of rotatable bonds is 8. The van der Waals surface area contributed by atoms with Gasteiger partial charge in [0.15, 0.2) is 0 Å². The van der Waals surface area contributed by atoms with Gasteiger partial charge in [-0.3, -0.25) is 4.79 Å². The third kappa shape index (κ3) is 5.72. The largest absolute Gasteiger partial charge is 0.497 e. The molecule has 0 fully saturated rings. The molecule has 38 heavy (non-hydrogen) atoms. The molecule has 0 aromatic heterocycles. The first-order valence-electron chi connectivity index (χ1n) is 12.2. The van der Waals surface area contributed by atoms with Crippen molar-refractivity contribution in [3.05, 3.63) is 89.0 Å². The smallest absolute Gasteiger partial charge is 0.337 e. The van der Waals surface area contributed by atoms with E-state index < -0.39 is 11.9 Å². The van der Waals surface area contributed by atoms with Crippen LogP contribution in [0.15, 0.2) is 66.7 Å². The Labute approximate surface area is 221 Å². The molecule has 1 amide bonds. The minimum Gasteiger partial charge on any atom is -0.497 e. The fourth-order valence-corrected chi connectivity index (χ4v) is 4.72. The summed E-state index contributed by atoms with van der Waals surface area (Å²) in [6.07, 6.45) is 0. The Balaban J connectivity index is 1.80. The fraction of sp³-hybridized carbons (Fsp3) is 0.276. The van der Waals surface area contributed by atoms with Crippen LogP contribution in [-0.4, -0.2) is 45.7 Å². The van der Waals surface area contributed by atoms with Crippen molar-refractivity contribution in [2.24, 2.45) is 5.92 Å². The highest BCUT2D eigenvalue weighted by molar-refractivity contribution is 5.91. The normalized spacial score (nSPS) is 17.8. The topological polar surface area (TPSA) is 115 Å². The first kappa shape index (κ1) is 26.5. The summed E-state index contributed by atoms with van der Waals surface area (Å²) < 4.78 is 15.1. The molecule has 0 saturated carbocycles. The number of esters is 2. The van der Waals surface area contributed by atoms with Gasteiger partial charge in [-0.05, 0) is 65.7 Å². The Morgan fingerprint density at radius 3 is 2.08 bits per heavy atom. The van der Waals surface area contributed by atoms with Crippen LogP contribution in [-0.2, 0) is 14.3 Å². The molecule has 1 aliphatic heterocycles. The van der Waals surface area contributed by atoms with Crippen molar-refractivity contribution in [3.63, 3.8) is 0 Å². The van der Waals surface area contributed by atoms with Crippen LogP contribution >= 0.6 is 0 Å². The zero-order chi connectivity index (χ0) is 27.2. The molecule has 0 unspecified atom stereocenters. The molecule has 0 saturated heterocycles. The van der Waals surface area contributed by atoms with Gasteiger partial charge in [0.2, 0.25) is 5.91 Å². The van der Waals surface area contributed by atoms with E-state index in [4.69, 9.17) is 14.2 Å². The van der Waals surface area contributed by atoms with Crippen LogP contribution in [0.3, 0.4) is 0 Å². The molecule has 0 bridgehead atoms. The lowest BCUT2D eigenvalue weighted by Crippen LogP contribution is -2.42. The molecule has 1 aliphatic rings. The summed E-state index contributed by atoms with van der Waals surface area (Å²) in [7, 11) is 4.30. The number of nitrogens with one attached hydrogen (secondary N) is 3. The van der Waals surface area contributed by atoms with E-state index in [0.29, 0.717) is 17.7 Å². The third-order valence-corrected chi connectivity index (χ3v) is 6.66. The molecular weight excluding hydrogens is 486 g/mol. The summed E-state index contributed by atoms with van der Waals surface area (Å²) >= 11 is 0. The number of carbonyl (C=O) groups is 3. The highest BCUT2D eigenvalue weighted by Gasteiger charge is 2.38. The quantitative estimate of drug-likeness (QED) is 0.378. The van der Waals surface area contributed by atoms with E-state index in [9.17, 15) is 14.4 Å². The van der Waals surface area contributed by atoms with E-state index >= 15 is 0 Å². The highest BCUT2D eigenvalue weighted by Crippen LogP contribution is 2.45. The predicted octanol–water partition coefficient (Wildman–Crippen LogP) is 4.34. The van der Waals surface area contributed by atoms with Gasteiger partial charge in [-0.15, -0.1) is 0 Å². The Kier molecular flexibility index (Phi) is 8.15.